The van der Waals surface area contributed by atoms with Crippen molar-refractivity contribution >= 4 is 64.4 Å². The van der Waals surface area contributed by atoms with Gasteiger partial charge in [-0.05, 0) is 6.26 Å². The molecule has 2 N–H and O–H groups in total. The normalized spacial score (nSPS) is 21.8. The molecule has 0 amide bonds. The summed E-state index contributed by atoms with van der Waals surface area (Å²) in [7, 11) is 5.27. The average Bonchev–Trinajstić information content (AvgIpc) is 2.17. The molecule has 0 spiro atoms. The van der Waals surface area contributed by atoms with Crippen molar-refractivity contribution in [3.8, 4) is 0 Å². The Balaban J connectivity index is 2.63. The van der Waals surface area contributed by atoms with Crippen molar-refractivity contribution in [3.63, 3.8) is 0 Å². The van der Waals surface area contributed by atoms with Gasteiger partial charge in [0.1, 0.15) is 0 Å². The number of alkyl halides is 1. The third kappa shape index (κ3) is 3.68. The number of hydrogen-bond acceptors (Lipinski definition) is 6. The van der Waals surface area contributed by atoms with Gasteiger partial charge >= 0.3 is 0 Å². The van der Waals surface area contributed by atoms with E-state index in [0.29, 0.717) is 0 Å². The quantitative estimate of drug-likeness (QED) is 0.447. The topological polar surface area (TPSA) is 48.8 Å². The molecule has 0 bridgehead atoms. The summed E-state index contributed by atoms with van der Waals surface area (Å²) < 4.78 is 0.947. The number of halogens is 1. The minimum Gasteiger partial charge on any atom is -0.328 e. The second-order valence-corrected chi connectivity index (χ2v) is 5.55. The summed E-state index contributed by atoms with van der Waals surface area (Å²) in [5.41, 5.74) is 0. The molecule has 0 fully saturated rings. The molecule has 0 aromatic heterocycles. The van der Waals surface area contributed by atoms with E-state index < -0.39 is 0 Å². The smallest absolute Gasteiger partial charge is 0.189 e. The molecule has 2 radical (unpaired) electrons. The SMILES string of the molecule is [B]NC1N=C(SC)NC(SCI)=N1. The molecule has 1 aliphatic rings. The van der Waals surface area contributed by atoms with E-state index in [-0.39, 0.29) is 6.29 Å². The van der Waals surface area contributed by atoms with E-state index in [4.69, 9.17) is 7.98 Å². The summed E-state index contributed by atoms with van der Waals surface area (Å²) >= 11 is 5.44. The fourth-order valence-corrected chi connectivity index (χ4v) is 2.51. The molecule has 1 atom stereocenters. The highest BCUT2D eigenvalue weighted by atomic mass is 127. The first kappa shape index (κ1) is 11.7. The summed E-state index contributed by atoms with van der Waals surface area (Å²) in [4.78, 5) is 8.40. The molecule has 70 valence electrons. The first-order valence-electron chi connectivity index (χ1n) is 3.41. The van der Waals surface area contributed by atoms with Crippen molar-refractivity contribution in [2.45, 2.75) is 6.29 Å². The van der Waals surface area contributed by atoms with Crippen LogP contribution in [0.15, 0.2) is 9.98 Å². The van der Waals surface area contributed by atoms with Crippen molar-refractivity contribution in [2.24, 2.45) is 9.98 Å². The number of amidine groups is 2. The van der Waals surface area contributed by atoms with Gasteiger partial charge in [0.25, 0.3) is 0 Å². The second kappa shape index (κ2) is 6.15. The Bertz CT molecular complexity index is 235. The molecule has 0 saturated heterocycles. The lowest BCUT2D eigenvalue weighted by atomic mass is 10.4. The van der Waals surface area contributed by atoms with E-state index in [2.05, 4.69) is 43.1 Å². The zero-order valence-corrected chi connectivity index (χ0v) is 10.7. The molecule has 1 unspecified atom stereocenters. The zero-order valence-electron chi connectivity index (χ0n) is 6.95. The summed E-state index contributed by atoms with van der Waals surface area (Å²) in [5.74, 6) is 0. The van der Waals surface area contributed by atoms with Crippen molar-refractivity contribution in [1.82, 2.24) is 10.5 Å². The first-order chi connectivity index (χ1) is 6.30. The summed E-state index contributed by atoms with van der Waals surface area (Å²) in [6.07, 6.45) is 1.60. The molecular weight excluding hydrogens is 318 g/mol. The maximum atomic E-state index is 5.27. The monoisotopic (exact) mass is 326 g/mol. The molecule has 1 aliphatic heterocycles. The standard InChI is InChI=1S/C5H8BIN4S2/c1-12-4-8-3(11-6)9-5(10-4)13-2-7/h3,11H,2H2,1H3,(H,8,9,10). The summed E-state index contributed by atoms with van der Waals surface area (Å²) in [6, 6.07) is 0. The number of thioether (sulfide) groups is 2. The Kier molecular flexibility index (Phi) is 5.52. The highest BCUT2D eigenvalue weighted by molar-refractivity contribution is 14.1. The number of nitrogens with zero attached hydrogens (tertiary/aromatic N) is 2. The van der Waals surface area contributed by atoms with Gasteiger partial charge in [0.15, 0.2) is 24.6 Å². The van der Waals surface area contributed by atoms with Crippen LogP contribution in [0.2, 0.25) is 0 Å². The van der Waals surface area contributed by atoms with Crippen molar-refractivity contribution < 1.29 is 0 Å². The van der Waals surface area contributed by atoms with Crippen LogP contribution in [0.3, 0.4) is 0 Å². The van der Waals surface area contributed by atoms with Crippen LogP contribution < -0.4 is 10.5 Å². The van der Waals surface area contributed by atoms with Crippen molar-refractivity contribution in [1.29, 1.82) is 0 Å². The van der Waals surface area contributed by atoms with Gasteiger partial charge in [-0.3, -0.25) is 0 Å². The highest BCUT2D eigenvalue weighted by Gasteiger charge is 2.13. The molecule has 0 aromatic rings. The Morgan fingerprint density at radius 1 is 1.62 bits per heavy atom. The summed E-state index contributed by atoms with van der Waals surface area (Å²) in [5, 5.41) is 7.30. The minimum atomic E-state index is -0.353. The lowest BCUT2D eigenvalue weighted by Crippen LogP contribution is -2.37. The van der Waals surface area contributed by atoms with Gasteiger partial charge in [0.05, 0.1) is 3.76 Å². The predicted octanol–water partition coefficient (Wildman–Crippen LogP) is 0.747. The first-order valence-corrected chi connectivity index (χ1v) is 7.15. The second-order valence-electron chi connectivity index (χ2n) is 1.99. The van der Waals surface area contributed by atoms with Gasteiger partial charge in [-0.25, -0.2) is 9.98 Å². The van der Waals surface area contributed by atoms with Crippen LogP contribution in [0.4, 0.5) is 0 Å². The van der Waals surface area contributed by atoms with E-state index in [1.54, 1.807) is 23.5 Å². The number of hydrogen-bond donors (Lipinski definition) is 2. The van der Waals surface area contributed by atoms with E-state index in [0.717, 1.165) is 14.1 Å². The molecule has 1 rings (SSSR count). The summed E-state index contributed by atoms with van der Waals surface area (Å²) in [6.45, 7) is 0. The van der Waals surface area contributed by atoms with Crippen LogP contribution in [-0.4, -0.2) is 34.6 Å². The van der Waals surface area contributed by atoms with Crippen molar-refractivity contribution in [3.05, 3.63) is 0 Å². The zero-order chi connectivity index (χ0) is 9.68. The van der Waals surface area contributed by atoms with Gasteiger partial charge in [-0.15, -0.1) is 0 Å². The molecule has 0 aromatic carbocycles. The Morgan fingerprint density at radius 3 is 2.85 bits per heavy atom. The van der Waals surface area contributed by atoms with Gasteiger partial charge in [0, 0.05) is 0 Å². The Labute approximate surface area is 101 Å². The van der Waals surface area contributed by atoms with Crippen LogP contribution in [-0.2, 0) is 0 Å². The third-order valence-electron chi connectivity index (χ3n) is 1.23. The maximum Gasteiger partial charge on any atom is 0.189 e. The molecule has 8 heteroatoms. The van der Waals surface area contributed by atoms with Gasteiger partial charge in [0.2, 0.25) is 0 Å². The van der Waals surface area contributed by atoms with Crippen molar-refractivity contribution in [2.75, 3.05) is 10.0 Å². The highest BCUT2D eigenvalue weighted by Crippen LogP contribution is 2.12. The van der Waals surface area contributed by atoms with E-state index >= 15 is 0 Å². The minimum absolute atomic E-state index is 0.353. The van der Waals surface area contributed by atoms with Gasteiger partial charge in [-0.2, -0.15) is 0 Å². The fraction of sp³-hybridized carbons (Fsp3) is 0.600. The lowest BCUT2D eigenvalue weighted by molar-refractivity contribution is 0.684. The number of aliphatic imine (C=N–C) groups is 2. The van der Waals surface area contributed by atoms with Crippen LogP contribution in [0.25, 0.3) is 0 Å². The molecule has 4 nitrogen and oxygen atoms in total. The third-order valence-corrected chi connectivity index (χ3v) is 3.35. The maximum absolute atomic E-state index is 5.27. The van der Waals surface area contributed by atoms with Crippen LogP contribution >= 0.6 is 46.1 Å². The molecular formula is C5H8BIN4S2. The van der Waals surface area contributed by atoms with Crippen LogP contribution in [0.5, 0.6) is 0 Å². The van der Waals surface area contributed by atoms with Crippen LogP contribution in [0.1, 0.15) is 0 Å². The average molecular weight is 326 g/mol. The largest absolute Gasteiger partial charge is 0.328 e. The molecule has 0 aliphatic carbocycles. The molecule has 1 heterocycles. The van der Waals surface area contributed by atoms with Gasteiger partial charge in [-0.1, -0.05) is 46.1 Å². The van der Waals surface area contributed by atoms with E-state index in [1.165, 1.54) is 0 Å². The fourth-order valence-electron chi connectivity index (χ4n) is 0.710. The van der Waals surface area contributed by atoms with E-state index in [1.807, 2.05) is 6.26 Å². The molecule has 13 heavy (non-hydrogen) atoms. The number of rotatable bonds is 2. The van der Waals surface area contributed by atoms with Gasteiger partial charge < -0.3 is 10.5 Å². The molecule has 0 saturated carbocycles. The van der Waals surface area contributed by atoms with E-state index in [9.17, 15) is 0 Å². The Hall–Kier alpha value is 0.595. The van der Waals surface area contributed by atoms with Crippen LogP contribution in [0, 0.1) is 0 Å². The Morgan fingerprint density at radius 2 is 2.31 bits per heavy atom. The number of nitrogens with one attached hydrogen (secondary N) is 2. The lowest BCUT2D eigenvalue weighted by Gasteiger charge is -2.18. The predicted molar refractivity (Wildman–Crippen MR) is 70.7 cm³/mol.